The van der Waals surface area contributed by atoms with Crippen LogP contribution in [-0.4, -0.2) is 40.3 Å². The Morgan fingerprint density at radius 2 is 2.25 bits per heavy atom. The van der Waals surface area contributed by atoms with Crippen LogP contribution in [0, 0.1) is 6.92 Å². The van der Waals surface area contributed by atoms with E-state index in [1.165, 1.54) is 12.8 Å². The summed E-state index contributed by atoms with van der Waals surface area (Å²) in [5.74, 6) is 0. The van der Waals surface area contributed by atoms with Crippen LogP contribution >= 0.6 is 11.3 Å². The maximum Gasteiger partial charge on any atom is 0.317 e. The van der Waals surface area contributed by atoms with Crippen molar-refractivity contribution in [3.8, 4) is 0 Å². The molecule has 0 saturated carbocycles. The van der Waals surface area contributed by atoms with Crippen LogP contribution in [0.15, 0.2) is 0 Å². The maximum absolute atomic E-state index is 12.3. The van der Waals surface area contributed by atoms with Gasteiger partial charge in [-0.2, -0.15) is 0 Å². The lowest BCUT2D eigenvalue weighted by Crippen LogP contribution is -2.46. The first-order valence-electron chi connectivity index (χ1n) is 7.54. The van der Waals surface area contributed by atoms with Crippen molar-refractivity contribution in [2.24, 2.45) is 0 Å². The number of hydrogen-bond acceptors (Lipinski definition) is 4. The molecule has 0 radical (unpaired) electrons. The molecular weight excluding hydrogens is 272 g/mol. The summed E-state index contributed by atoms with van der Waals surface area (Å²) in [6, 6.07) is 0.487. The Balaban J connectivity index is 1.80. The highest BCUT2D eigenvalue weighted by Gasteiger charge is 2.23. The molecule has 1 fully saturated rings. The second-order valence-electron chi connectivity index (χ2n) is 5.30. The van der Waals surface area contributed by atoms with Crippen LogP contribution in [0.4, 0.5) is 4.79 Å². The standard InChI is InChI=1S/C14H24N4OS/c1-3-12-7-5-4-6-10-18(12)14(19)15-9-8-13-17-16-11(2)20-13/h12H,3-10H2,1-2H3,(H,15,19)/t12-/m0/s1. The van der Waals surface area contributed by atoms with Crippen LogP contribution < -0.4 is 5.32 Å². The zero-order chi connectivity index (χ0) is 14.4. The number of urea groups is 1. The molecule has 2 heterocycles. The molecule has 0 spiro atoms. The van der Waals surface area contributed by atoms with Crippen LogP contribution in [-0.2, 0) is 6.42 Å². The second kappa shape index (κ2) is 7.57. The van der Waals surface area contributed by atoms with Gasteiger partial charge in [-0.15, -0.1) is 21.5 Å². The molecule has 0 aromatic carbocycles. The number of likely N-dealkylation sites (tertiary alicyclic amines) is 1. The normalized spacial score (nSPS) is 19.7. The van der Waals surface area contributed by atoms with E-state index >= 15 is 0 Å². The summed E-state index contributed by atoms with van der Waals surface area (Å²) in [6.07, 6.45) is 6.56. The van der Waals surface area contributed by atoms with E-state index in [0.717, 1.165) is 42.2 Å². The van der Waals surface area contributed by atoms with Crippen LogP contribution in [0.3, 0.4) is 0 Å². The summed E-state index contributed by atoms with van der Waals surface area (Å²) in [5.41, 5.74) is 0. The quantitative estimate of drug-likeness (QED) is 0.929. The molecule has 0 unspecified atom stereocenters. The first kappa shape index (κ1) is 15.2. The smallest absolute Gasteiger partial charge is 0.317 e. The zero-order valence-corrected chi connectivity index (χ0v) is 13.2. The van der Waals surface area contributed by atoms with Gasteiger partial charge in [0.15, 0.2) is 0 Å². The molecule has 6 heteroatoms. The van der Waals surface area contributed by atoms with E-state index in [0.29, 0.717) is 12.6 Å². The van der Waals surface area contributed by atoms with E-state index in [1.807, 2.05) is 11.8 Å². The second-order valence-corrected chi connectivity index (χ2v) is 6.57. The number of nitrogens with zero attached hydrogens (tertiary/aromatic N) is 3. The van der Waals surface area contributed by atoms with Crippen LogP contribution in [0.1, 0.15) is 49.0 Å². The minimum Gasteiger partial charge on any atom is -0.338 e. The van der Waals surface area contributed by atoms with E-state index in [9.17, 15) is 4.79 Å². The average molecular weight is 296 g/mol. The molecule has 2 amide bonds. The maximum atomic E-state index is 12.3. The minimum absolute atomic E-state index is 0.0833. The zero-order valence-electron chi connectivity index (χ0n) is 12.4. The molecule has 2 rings (SSSR count). The monoisotopic (exact) mass is 296 g/mol. The molecule has 1 atom stereocenters. The van der Waals surface area contributed by atoms with Crippen molar-refractivity contribution in [2.45, 2.75) is 58.4 Å². The van der Waals surface area contributed by atoms with Gasteiger partial charge in [0, 0.05) is 25.6 Å². The average Bonchev–Trinajstić information content (AvgIpc) is 2.72. The van der Waals surface area contributed by atoms with Crippen LogP contribution in [0.25, 0.3) is 0 Å². The van der Waals surface area contributed by atoms with Crippen LogP contribution in [0.2, 0.25) is 0 Å². The third-order valence-corrected chi connectivity index (χ3v) is 4.69. The molecular formula is C14H24N4OS. The Morgan fingerprint density at radius 3 is 2.95 bits per heavy atom. The molecule has 0 bridgehead atoms. The third kappa shape index (κ3) is 4.16. The molecule has 5 nitrogen and oxygen atoms in total. The SMILES string of the molecule is CC[C@H]1CCCCCN1C(=O)NCCc1nnc(C)s1. The molecule has 0 aliphatic carbocycles. The molecule has 1 aromatic rings. The van der Waals surface area contributed by atoms with E-state index in [2.05, 4.69) is 22.4 Å². The number of amides is 2. The Bertz CT molecular complexity index is 435. The van der Waals surface area contributed by atoms with Gasteiger partial charge in [0.05, 0.1) is 0 Å². The van der Waals surface area contributed by atoms with Gasteiger partial charge < -0.3 is 10.2 Å². The van der Waals surface area contributed by atoms with Crippen molar-refractivity contribution in [3.63, 3.8) is 0 Å². The Hall–Kier alpha value is -1.17. The summed E-state index contributed by atoms with van der Waals surface area (Å²) in [5, 5.41) is 13.1. The Kier molecular flexibility index (Phi) is 5.76. The van der Waals surface area contributed by atoms with Crippen molar-refractivity contribution in [1.82, 2.24) is 20.4 Å². The topological polar surface area (TPSA) is 58.1 Å². The molecule has 1 saturated heterocycles. The van der Waals surface area contributed by atoms with Gasteiger partial charge in [0.1, 0.15) is 10.0 Å². The Labute approximate surface area is 124 Å². The van der Waals surface area contributed by atoms with Gasteiger partial charge in [-0.1, -0.05) is 19.8 Å². The molecule has 1 N–H and O–H groups in total. The number of rotatable bonds is 4. The van der Waals surface area contributed by atoms with E-state index in [1.54, 1.807) is 11.3 Å². The number of aryl methyl sites for hydroxylation is 1. The van der Waals surface area contributed by atoms with Gasteiger partial charge >= 0.3 is 6.03 Å². The number of carbonyl (C=O) groups excluding carboxylic acids is 1. The highest BCUT2D eigenvalue weighted by atomic mass is 32.1. The number of aromatic nitrogens is 2. The summed E-state index contributed by atoms with van der Waals surface area (Å²) < 4.78 is 0. The molecule has 1 aromatic heterocycles. The van der Waals surface area contributed by atoms with Gasteiger partial charge in [0.25, 0.3) is 0 Å². The first-order valence-corrected chi connectivity index (χ1v) is 8.35. The predicted molar refractivity (Wildman–Crippen MR) is 81.0 cm³/mol. The predicted octanol–water partition coefficient (Wildman–Crippen LogP) is 2.75. The van der Waals surface area contributed by atoms with Crippen molar-refractivity contribution in [1.29, 1.82) is 0 Å². The van der Waals surface area contributed by atoms with Crippen LogP contribution in [0.5, 0.6) is 0 Å². The third-order valence-electron chi connectivity index (χ3n) is 3.79. The van der Waals surface area contributed by atoms with E-state index < -0.39 is 0 Å². The molecule has 1 aliphatic rings. The van der Waals surface area contributed by atoms with Gasteiger partial charge in [0.2, 0.25) is 0 Å². The highest BCUT2D eigenvalue weighted by Crippen LogP contribution is 2.19. The van der Waals surface area contributed by atoms with E-state index in [4.69, 9.17) is 0 Å². The fraction of sp³-hybridized carbons (Fsp3) is 0.786. The van der Waals surface area contributed by atoms with Crippen molar-refractivity contribution in [3.05, 3.63) is 10.0 Å². The van der Waals surface area contributed by atoms with Crippen molar-refractivity contribution in [2.75, 3.05) is 13.1 Å². The summed E-state index contributed by atoms with van der Waals surface area (Å²) in [4.78, 5) is 14.3. The lowest BCUT2D eigenvalue weighted by molar-refractivity contribution is 0.173. The fourth-order valence-corrected chi connectivity index (χ4v) is 3.39. The number of hydrogen-bond donors (Lipinski definition) is 1. The Morgan fingerprint density at radius 1 is 1.40 bits per heavy atom. The van der Waals surface area contributed by atoms with Gasteiger partial charge in [-0.3, -0.25) is 0 Å². The minimum atomic E-state index is 0.0833. The summed E-state index contributed by atoms with van der Waals surface area (Å²) in [6.45, 7) is 5.64. The van der Waals surface area contributed by atoms with Crippen molar-refractivity contribution < 1.29 is 4.79 Å². The highest BCUT2D eigenvalue weighted by molar-refractivity contribution is 7.11. The molecule has 112 valence electrons. The largest absolute Gasteiger partial charge is 0.338 e. The van der Waals surface area contributed by atoms with Crippen molar-refractivity contribution >= 4 is 17.4 Å². The summed E-state index contributed by atoms with van der Waals surface area (Å²) >= 11 is 1.60. The molecule has 20 heavy (non-hydrogen) atoms. The molecule has 1 aliphatic heterocycles. The fourth-order valence-electron chi connectivity index (χ4n) is 2.69. The van der Waals surface area contributed by atoms with Gasteiger partial charge in [-0.25, -0.2) is 4.79 Å². The number of carbonyl (C=O) groups is 1. The first-order chi connectivity index (χ1) is 9.70. The van der Waals surface area contributed by atoms with Gasteiger partial charge in [-0.05, 0) is 26.2 Å². The lowest BCUT2D eigenvalue weighted by Gasteiger charge is -2.29. The van der Waals surface area contributed by atoms with E-state index in [-0.39, 0.29) is 6.03 Å². The summed E-state index contributed by atoms with van der Waals surface area (Å²) in [7, 11) is 0. The number of nitrogens with one attached hydrogen (secondary N) is 1. The lowest BCUT2D eigenvalue weighted by atomic mass is 10.1.